The maximum atomic E-state index is 11.4. The molecule has 0 aromatic heterocycles. The molecular weight excluding hydrogens is 246 g/mol. The highest BCUT2D eigenvalue weighted by molar-refractivity contribution is 7.86. The lowest BCUT2D eigenvalue weighted by atomic mass is 10.5. The molecule has 0 N–H and O–H groups in total. The molecule has 0 bridgehead atoms. The smallest absolute Gasteiger partial charge is 0.267 e. The Labute approximate surface area is 98.9 Å². The molecule has 17 heavy (non-hydrogen) atoms. The van der Waals surface area contributed by atoms with Crippen molar-refractivity contribution in [3.05, 3.63) is 36.5 Å². The van der Waals surface area contributed by atoms with E-state index >= 15 is 0 Å². The molecule has 1 aliphatic heterocycles. The van der Waals surface area contributed by atoms with Crippen molar-refractivity contribution in [1.82, 2.24) is 5.06 Å². The van der Waals surface area contributed by atoms with Crippen molar-refractivity contribution < 1.29 is 22.3 Å². The van der Waals surface area contributed by atoms with Crippen LogP contribution in [0.4, 0.5) is 0 Å². The maximum absolute atomic E-state index is 11.4. The Kier molecular flexibility index (Phi) is 4.36. The van der Waals surface area contributed by atoms with E-state index < -0.39 is 27.7 Å². The second kappa shape index (κ2) is 5.55. The van der Waals surface area contributed by atoms with Crippen molar-refractivity contribution >= 4 is 21.9 Å². The highest BCUT2D eigenvalue weighted by Crippen LogP contribution is 2.08. The van der Waals surface area contributed by atoms with Crippen LogP contribution in [0.25, 0.3) is 0 Å². The van der Waals surface area contributed by atoms with E-state index in [4.69, 9.17) is 0 Å². The van der Waals surface area contributed by atoms with Gasteiger partial charge in [0, 0.05) is 12.2 Å². The Morgan fingerprint density at radius 2 is 1.82 bits per heavy atom. The summed E-state index contributed by atoms with van der Waals surface area (Å²) in [6, 6.07) is 0. The van der Waals surface area contributed by atoms with Gasteiger partial charge >= 0.3 is 0 Å². The third-order valence-electron chi connectivity index (χ3n) is 1.70. The third-order valence-corrected chi connectivity index (χ3v) is 2.67. The molecule has 1 aliphatic rings. The largest absolute Gasteiger partial charge is 0.292 e. The predicted octanol–water partition coefficient (Wildman–Crippen LogP) is 0.305. The molecule has 0 atom stereocenters. The Bertz CT molecular complexity index is 483. The first-order valence-electron chi connectivity index (χ1n) is 4.72. The van der Waals surface area contributed by atoms with Crippen LogP contribution in [0, 0.1) is 0 Å². The Balaban J connectivity index is 2.61. The molecule has 1 rings (SSSR count). The number of amides is 2. The van der Waals surface area contributed by atoms with Gasteiger partial charge in [0.25, 0.3) is 21.9 Å². The SMILES string of the molecule is C/C=C\C=C/CS(=O)(=O)ON1C(=O)C=CC1=O. The van der Waals surface area contributed by atoms with Crippen molar-refractivity contribution in [2.24, 2.45) is 0 Å². The fourth-order valence-electron chi connectivity index (χ4n) is 0.967. The number of allylic oxidation sites excluding steroid dienone is 3. The van der Waals surface area contributed by atoms with Crippen molar-refractivity contribution in [1.29, 1.82) is 0 Å². The average molecular weight is 257 g/mol. The zero-order chi connectivity index (χ0) is 12.9. The van der Waals surface area contributed by atoms with E-state index in [0.29, 0.717) is 0 Å². The highest BCUT2D eigenvalue weighted by Gasteiger charge is 2.29. The molecule has 0 saturated heterocycles. The molecule has 0 fully saturated rings. The van der Waals surface area contributed by atoms with Gasteiger partial charge in [0.15, 0.2) is 0 Å². The molecule has 0 aromatic rings. The van der Waals surface area contributed by atoms with Crippen molar-refractivity contribution in [2.75, 3.05) is 5.75 Å². The lowest BCUT2D eigenvalue weighted by Gasteiger charge is -2.11. The van der Waals surface area contributed by atoms with Crippen molar-refractivity contribution in [3.63, 3.8) is 0 Å². The minimum absolute atomic E-state index is 0.207. The Hall–Kier alpha value is -1.73. The lowest BCUT2D eigenvalue weighted by Crippen LogP contribution is -2.33. The van der Waals surface area contributed by atoms with E-state index in [1.54, 1.807) is 19.1 Å². The number of hydrogen-bond donors (Lipinski definition) is 0. The van der Waals surface area contributed by atoms with Crippen LogP contribution >= 0.6 is 0 Å². The van der Waals surface area contributed by atoms with Crippen LogP contribution < -0.4 is 0 Å². The van der Waals surface area contributed by atoms with Crippen molar-refractivity contribution in [3.8, 4) is 0 Å². The highest BCUT2D eigenvalue weighted by atomic mass is 32.2. The van der Waals surface area contributed by atoms with E-state index in [1.807, 2.05) is 0 Å². The molecule has 0 spiro atoms. The summed E-state index contributed by atoms with van der Waals surface area (Å²) < 4.78 is 27.1. The second-order valence-corrected chi connectivity index (χ2v) is 4.65. The molecule has 0 aromatic carbocycles. The third kappa shape index (κ3) is 3.97. The zero-order valence-electron chi connectivity index (χ0n) is 9.07. The quantitative estimate of drug-likeness (QED) is 0.523. The van der Waals surface area contributed by atoms with Crippen LogP contribution in [0.15, 0.2) is 36.5 Å². The Morgan fingerprint density at radius 1 is 1.24 bits per heavy atom. The molecule has 2 amide bonds. The van der Waals surface area contributed by atoms with Crippen LogP contribution in [0.5, 0.6) is 0 Å². The number of carbonyl (C=O) groups is 2. The number of rotatable bonds is 5. The summed E-state index contributed by atoms with van der Waals surface area (Å²) in [4.78, 5) is 22.1. The van der Waals surface area contributed by atoms with Gasteiger partial charge in [0.05, 0.1) is 5.75 Å². The van der Waals surface area contributed by atoms with E-state index in [0.717, 1.165) is 12.2 Å². The molecule has 0 radical (unpaired) electrons. The minimum atomic E-state index is -3.99. The molecule has 1 heterocycles. The van der Waals surface area contributed by atoms with E-state index in [9.17, 15) is 18.0 Å². The fourth-order valence-corrected chi connectivity index (χ4v) is 1.75. The molecular formula is C10H11NO5S. The molecule has 92 valence electrons. The molecule has 0 aliphatic carbocycles. The summed E-state index contributed by atoms with van der Waals surface area (Å²) in [5, 5.41) is 0.207. The summed E-state index contributed by atoms with van der Waals surface area (Å²) in [5.74, 6) is -2.04. The van der Waals surface area contributed by atoms with Crippen LogP contribution in [-0.4, -0.2) is 31.0 Å². The van der Waals surface area contributed by atoms with Crippen LogP contribution in [-0.2, 0) is 24.0 Å². The Morgan fingerprint density at radius 3 is 2.35 bits per heavy atom. The van der Waals surface area contributed by atoms with Gasteiger partial charge in [0.1, 0.15) is 0 Å². The lowest BCUT2D eigenvalue weighted by molar-refractivity contribution is -0.161. The normalized spacial score (nSPS) is 16.9. The van der Waals surface area contributed by atoms with Gasteiger partial charge in [-0.15, -0.1) is 9.35 Å². The zero-order valence-corrected chi connectivity index (χ0v) is 9.88. The van der Waals surface area contributed by atoms with Gasteiger partial charge < -0.3 is 0 Å². The summed E-state index contributed by atoms with van der Waals surface area (Å²) in [6.45, 7) is 1.78. The maximum Gasteiger partial charge on any atom is 0.292 e. The molecule has 0 unspecified atom stereocenters. The number of hydrogen-bond acceptors (Lipinski definition) is 5. The summed E-state index contributed by atoms with van der Waals surface area (Å²) in [7, 11) is -3.99. The number of carbonyl (C=O) groups excluding carboxylic acids is 2. The fraction of sp³-hybridized carbons (Fsp3) is 0.200. The first kappa shape index (κ1) is 13.3. The summed E-state index contributed by atoms with van der Waals surface area (Å²) in [5.41, 5.74) is 0. The first-order chi connectivity index (χ1) is 7.96. The number of hydroxylamine groups is 2. The minimum Gasteiger partial charge on any atom is -0.267 e. The monoisotopic (exact) mass is 257 g/mol. The second-order valence-electron chi connectivity index (χ2n) is 3.06. The molecule has 0 saturated carbocycles. The van der Waals surface area contributed by atoms with Gasteiger partial charge in [-0.2, -0.15) is 8.42 Å². The van der Waals surface area contributed by atoms with Gasteiger partial charge in [0.2, 0.25) is 0 Å². The van der Waals surface area contributed by atoms with Gasteiger partial charge in [-0.1, -0.05) is 24.3 Å². The van der Waals surface area contributed by atoms with E-state index in [2.05, 4.69) is 4.28 Å². The molecule has 6 nitrogen and oxygen atoms in total. The first-order valence-corrected chi connectivity index (χ1v) is 6.30. The summed E-state index contributed by atoms with van der Waals surface area (Å²) in [6.07, 6.45) is 8.10. The predicted molar refractivity (Wildman–Crippen MR) is 59.8 cm³/mol. The number of imide groups is 1. The van der Waals surface area contributed by atoms with Crippen molar-refractivity contribution in [2.45, 2.75) is 6.92 Å². The average Bonchev–Trinajstić information content (AvgIpc) is 2.56. The van der Waals surface area contributed by atoms with E-state index in [1.165, 1.54) is 12.2 Å². The van der Waals surface area contributed by atoms with Crippen LogP contribution in [0.2, 0.25) is 0 Å². The van der Waals surface area contributed by atoms with Crippen LogP contribution in [0.3, 0.4) is 0 Å². The standard InChI is InChI=1S/C10H11NO5S/c1-2-3-4-5-8-17(14,15)16-11-9(12)6-7-10(11)13/h2-7H,8H2,1H3/b3-2-,5-4-. The topological polar surface area (TPSA) is 80.8 Å². The summed E-state index contributed by atoms with van der Waals surface area (Å²) >= 11 is 0. The van der Waals surface area contributed by atoms with Gasteiger partial charge in [-0.25, -0.2) is 0 Å². The van der Waals surface area contributed by atoms with E-state index in [-0.39, 0.29) is 5.06 Å². The van der Waals surface area contributed by atoms with Gasteiger partial charge in [-0.05, 0) is 6.92 Å². The van der Waals surface area contributed by atoms with Crippen LogP contribution in [0.1, 0.15) is 6.92 Å². The van der Waals surface area contributed by atoms with Gasteiger partial charge in [-0.3, -0.25) is 9.59 Å². The number of nitrogens with zero attached hydrogens (tertiary/aromatic N) is 1. The molecule has 7 heteroatoms.